The zero-order chi connectivity index (χ0) is 9.12. The van der Waals surface area contributed by atoms with Crippen LogP contribution in [0.4, 0.5) is 0 Å². The Morgan fingerprint density at radius 3 is 1.92 bits per heavy atom. The maximum Gasteiger partial charge on any atom is 1.00 e. The van der Waals surface area contributed by atoms with Crippen LogP contribution in [0.5, 0.6) is 0 Å². The van der Waals surface area contributed by atoms with E-state index in [4.69, 9.17) is 0 Å². The van der Waals surface area contributed by atoms with E-state index in [1.54, 1.807) is 0 Å². The zero-order valence-corrected chi connectivity index (χ0v) is 8.31. The van der Waals surface area contributed by atoms with Crippen LogP contribution in [0.2, 0.25) is 0 Å². The van der Waals surface area contributed by atoms with Gasteiger partial charge in [-0.3, -0.25) is 4.18 Å². The van der Waals surface area contributed by atoms with Gasteiger partial charge in [0.25, 0.3) is 0 Å². The molecule has 0 atom stereocenters. The molecule has 0 aliphatic carbocycles. The van der Waals surface area contributed by atoms with Gasteiger partial charge in [-0.05, 0) is 0 Å². The first kappa shape index (κ1) is 14.9. The van der Waals surface area contributed by atoms with Crippen molar-refractivity contribution >= 4 is 20.2 Å². The molecule has 0 heterocycles. The summed E-state index contributed by atoms with van der Waals surface area (Å²) >= 11 is 0. The zero-order valence-electron chi connectivity index (χ0n) is 6.68. The molecule has 0 N–H and O–H groups in total. The Kier molecular flexibility index (Phi) is 6.48. The minimum atomic E-state index is -4.76. The van der Waals surface area contributed by atoms with Crippen molar-refractivity contribution in [2.75, 3.05) is 18.6 Å². The summed E-state index contributed by atoms with van der Waals surface area (Å²) in [5.74, 6) is -0.478. The van der Waals surface area contributed by atoms with Crippen LogP contribution in [-0.2, 0) is 24.4 Å². The van der Waals surface area contributed by atoms with Crippen molar-refractivity contribution in [3.05, 3.63) is 0 Å². The van der Waals surface area contributed by atoms with E-state index < -0.39 is 32.6 Å². The average Bonchev–Trinajstić information content (AvgIpc) is 1.55. The summed E-state index contributed by atoms with van der Waals surface area (Å²) in [4.78, 5) is 0. The molecule has 0 unspecified atom stereocenters. The fourth-order valence-corrected chi connectivity index (χ4v) is 1.07. The Labute approximate surface area is 83.3 Å². The van der Waals surface area contributed by atoms with Crippen molar-refractivity contribution in [2.45, 2.75) is 0 Å². The molecule has 0 aromatic heterocycles. The van der Waals surface area contributed by atoms with E-state index in [1.165, 1.54) is 0 Å². The summed E-state index contributed by atoms with van der Waals surface area (Å²) in [5.41, 5.74) is 0. The van der Waals surface area contributed by atoms with Gasteiger partial charge in [-0.1, -0.05) is 0 Å². The van der Waals surface area contributed by atoms with Crippen LogP contribution in [0.15, 0.2) is 0 Å². The molecular formula is C3H7LiO6S2. The van der Waals surface area contributed by atoms with Crippen molar-refractivity contribution in [1.82, 2.24) is 0 Å². The molecule has 0 fully saturated rings. The van der Waals surface area contributed by atoms with Gasteiger partial charge < -0.3 is 4.55 Å². The van der Waals surface area contributed by atoms with E-state index in [2.05, 4.69) is 4.18 Å². The summed E-state index contributed by atoms with van der Waals surface area (Å²) in [7, 11) is -8.04. The molecule has 0 spiro atoms. The number of hydrogen-bond donors (Lipinski definition) is 0. The molecule has 0 aromatic rings. The summed E-state index contributed by atoms with van der Waals surface area (Å²) in [6, 6.07) is 0. The fourth-order valence-electron chi connectivity index (χ4n) is 0.287. The van der Waals surface area contributed by atoms with Gasteiger partial charge in [-0.15, -0.1) is 0 Å². The molecule has 12 heavy (non-hydrogen) atoms. The first-order chi connectivity index (χ1) is 4.71. The molecule has 0 saturated carbocycles. The predicted octanol–water partition coefficient (Wildman–Crippen LogP) is -4.49. The minimum Gasteiger partial charge on any atom is -0.726 e. The van der Waals surface area contributed by atoms with Gasteiger partial charge in [0, 0.05) is 6.26 Å². The molecule has 0 bridgehead atoms. The van der Waals surface area contributed by atoms with Crippen LogP contribution in [0.3, 0.4) is 0 Å². The quantitative estimate of drug-likeness (QED) is 0.263. The van der Waals surface area contributed by atoms with Gasteiger partial charge in [-0.2, -0.15) is 0 Å². The summed E-state index contributed by atoms with van der Waals surface area (Å²) < 4.78 is 53.6. The van der Waals surface area contributed by atoms with E-state index in [0.717, 1.165) is 6.26 Å². The van der Waals surface area contributed by atoms with Crippen molar-refractivity contribution < 1.29 is 44.4 Å². The molecule has 0 aliphatic heterocycles. The van der Waals surface area contributed by atoms with Crippen molar-refractivity contribution in [3.63, 3.8) is 0 Å². The van der Waals surface area contributed by atoms with E-state index in [-0.39, 0.29) is 18.9 Å². The van der Waals surface area contributed by atoms with Crippen LogP contribution >= 0.6 is 0 Å². The summed E-state index contributed by atoms with van der Waals surface area (Å²) in [5, 5.41) is 0. The van der Waals surface area contributed by atoms with E-state index in [0.29, 0.717) is 0 Å². The van der Waals surface area contributed by atoms with E-state index >= 15 is 0 Å². The fraction of sp³-hybridized carbons (Fsp3) is 1.00. The third-order valence-electron chi connectivity index (χ3n) is 0.682. The molecule has 0 aliphatic rings. The van der Waals surface area contributed by atoms with Gasteiger partial charge >= 0.3 is 18.9 Å². The standard InChI is InChI=1S/C3H8O6S2.Li/c1-10(4,5)3-2-9-11(6,7)8;/h2-3H2,1H3,(H,6,7,8);/q;+1/p-1. The Bertz CT molecular complexity index is 270. The molecule has 0 aromatic carbocycles. The largest absolute Gasteiger partial charge is 1.00 e. The normalized spacial score (nSPS) is 12.2. The second-order valence-electron chi connectivity index (χ2n) is 1.86. The molecular weight excluding hydrogens is 203 g/mol. The second-order valence-corrected chi connectivity index (χ2v) is 5.17. The Morgan fingerprint density at radius 1 is 1.25 bits per heavy atom. The number of rotatable bonds is 4. The second kappa shape index (κ2) is 5.21. The van der Waals surface area contributed by atoms with Crippen LogP contribution in [0.1, 0.15) is 0 Å². The Morgan fingerprint density at radius 2 is 1.67 bits per heavy atom. The molecule has 0 radical (unpaired) electrons. The minimum absolute atomic E-state index is 0. The molecule has 0 amide bonds. The smallest absolute Gasteiger partial charge is 0.726 e. The van der Waals surface area contributed by atoms with Crippen LogP contribution in [0, 0.1) is 0 Å². The average molecular weight is 210 g/mol. The van der Waals surface area contributed by atoms with Crippen LogP contribution in [-0.4, -0.2) is 40.0 Å². The molecule has 6 nitrogen and oxygen atoms in total. The first-order valence-corrected chi connectivity index (χ1v) is 5.88. The topological polar surface area (TPSA) is 101 Å². The molecule has 9 heteroatoms. The Balaban J connectivity index is 0. The van der Waals surface area contributed by atoms with Gasteiger partial charge in [0.1, 0.15) is 9.84 Å². The van der Waals surface area contributed by atoms with Crippen LogP contribution in [0.25, 0.3) is 0 Å². The van der Waals surface area contributed by atoms with Crippen molar-refractivity contribution in [1.29, 1.82) is 0 Å². The van der Waals surface area contributed by atoms with Crippen molar-refractivity contribution in [3.8, 4) is 0 Å². The van der Waals surface area contributed by atoms with Crippen molar-refractivity contribution in [2.24, 2.45) is 0 Å². The predicted molar refractivity (Wildman–Crippen MR) is 35.4 cm³/mol. The molecule has 68 valence electrons. The van der Waals surface area contributed by atoms with Gasteiger partial charge in [-0.25, -0.2) is 16.8 Å². The SMILES string of the molecule is CS(=O)(=O)CCOS(=O)(=O)[O-].[Li+]. The maximum absolute atomic E-state index is 10.3. The number of sulfone groups is 1. The Hall–Kier alpha value is 0.417. The monoisotopic (exact) mass is 210 g/mol. The third kappa shape index (κ3) is 13.0. The molecule has 0 saturated heterocycles. The maximum atomic E-state index is 10.3. The first-order valence-electron chi connectivity index (χ1n) is 2.49. The number of hydrogen-bond acceptors (Lipinski definition) is 6. The van der Waals surface area contributed by atoms with Gasteiger partial charge in [0.05, 0.1) is 12.4 Å². The van der Waals surface area contributed by atoms with E-state index in [9.17, 15) is 21.4 Å². The summed E-state index contributed by atoms with van der Waals surface area (Å²) in [6.07, 6.45) is 0.910. The summed E-state index contributed by atoms with van der Waals surface area (Å²) in [6.45, 7) is -0.620. The molecule has 0 rings (SSSR count). The van der Waals surface area contributed by atoms with Crippen LogP contribution < -0.4 is 18.9 Å². The van der Waals surface area contributed by atoms with Gasteiger partial charge in [0.2, 0.25) is 10.4 Å². The van der Waals surface area contributed by atoms with E-state index in [1.807, 2.05) is 0 Å². The van der Waals surface area contributed by atoms with Gasteiger partial charge in [0.15, 0.2) is 0 Å². The third-order valence-corrected chi connectivity index (χ3v) is 2.05.